The van der Waals surface area contributed by atoms with Crippen LogP contribution in [0.25, 0.3) is 0 Å². The van der Waals surface area contributed by atoms with Gasteiger partial charge in [-0.1, -0.05) is 40.2 Å². The summed E-state index contributed by atoms with van der Waals surface area (Å²) in [4.78, 5) is 24.5. The zero-order chi connectivity index (χ0) is 19.1. The molecule has 0 unspecified atom stereocenters. The van der Waals surface area contributed by atoms with Gasteiger partial charge in [0, 0.05) is 16.6 Å². The van der Waals surface area contributed by atoms with E-state index in [1.54, 1.807) is 42.5 Å². The molecule has 134 valence electrons. The van der Waals surface area contributed by atoms with Gasteiger partial charge in [0.2, 0.25) is 0 Å². The molecular formula is C19H18BrN3O2S. The zero-order valence-corrected chi connectivity index (χ0v) is 16.5. The summed E-state index contributed by atoms with van der Waals surface area (Å²) in [5, 5.41) is 8.32. The van der Waals surface area contributed by atoms with E-state index in [0.717, 1.165) is 10.0 Å². The summed E-state index contributed by atoms with van der Waals surface area (Å²) in [6, 6.07) is 12.2. The van der Waals surface area contributed by atoms with Gasteiger partial charge in [-0.2, -0.15) is 0 Å². The van der Waals surface area contributed by atoms with Crippen LogP contribution in [0.4, 0.5) is 5.69 Å². The molecule has 5 nitrogen and oxygen atoms in total. The molecule has 0 saturated carbocycles. The third-order valence-corrected chi connectivity index (χ3v) is 4.55. The monoisotopic (exact) mass is 431 g/mol. The maximum atomic E-state index is 12.3. The molecular weight excluding hydrogens is 414 g/mol. The topological polar surface area (TPSA) is 70.2 Å². The first kappa shape index (κ1) is 19.8. The van der Waals surface area contributed by atoms with E-state index >= 15 is 0 Å². The van der Waals surface area contributed by atoms with Gasteiger partial charge in [0.25, 0.3) is 11.8 Å². The molecule has 0 saturated heterocycles. The molecule has 26 heavy (non-hydrogen) atoms. The van der Waals surface area contributed by atoms with Crippen molar-refractivity contribution in [2.75, 3.05) is 11.9 Å². The molecule has 0 atom stereocenters. The maximum absolute atomic E-state index is 12.3. The molecule has 2 amide bonds. The number of hydrogen-bond donors (Lipinski definition) is 3. The third kappa shape index (κ3) is 5.24. The number of thiocarbonyl (C=S) groups is 1. The second kappa shape index (κ2) is 9.26. The lowest BCUT2D eigenvalue weighted by atomic mass is 10.1. The van der Waals surface area contributed by atoms with E-state index < -0.39 is 0 Å². The summed E-state index contributed by atoms with van der Waals surface area (Å²) < 4.78 is 0.841. The van der Waals surface area contributed by atoms with E-state index in [2.05, 4.69) is 38.5 Å². The Morgan fingerprint density at radius 1 is 1.19 bits per heavy atom. The number of anilines is 1. The van der Waals surface area contributed by atoms with Crippen LogP contribution in [0.3, 0.4) is 0 Å². The largest absolute Gasteiger partial charge is 0.349 e. The first-order chi connectivity index (χ1) is 12.4. The third-order valence-electron chi connectivity index (χ3n) is 3.49. The molecule has 0 aliphatic carbocycles. The summed E-state index contributed by atoms with van der Waals surface area (Å²) in [6.07, 6.45) is 1.60. The smallest absolute Gasteiger partial charge is 0.257 e. The molecule has 0 bridgehead atoms. The second-order valence-electron chi connectivity index (χ2n) is 5.42. The fourth-order valence-corrected chi connectivity index (χ4v) is 2.69. The Balaban J connectivity index is 2.08. The first-order valence-electron chi connectivity index (χ1n) is 7.79. The summed E-state index contributed by atoms with van der Waals surface area (Å²) in [5.74, 6) is -0.596. The molecule has 0 aliphatic heterocycles. The van der Waals surface area contributed by atoms with Crippen molar-refractivity contribution in [1.82, 2.24) is 10.6 Å². The number of carbonyl (C=O) groups is 2. The van der Waals surface area contributed by atoms with Crippen LogP contribution in [-0.4, -0.2) is 23.5 Å². The lowest BCUT2D eigenvalue weighted by molar-refractivity contribution is 0.0956. The van der Waals surface area contributed by atoms with Crippen LogP contribution in [0.15, 0.2) is 59.6 Å². The summed E-state index contributed by atoms with van der Waals surface area (Å²) in [5.41, 5.74) is 2.43. The van der Waals surface area contributed by atoms with E-state index in [9.17, 15) is 9.59 Å². The normalized spacial score (nSPS) is 9.92. The molecule has 0 heterocycles. The van der Waals surface area contributed by atoms with Gasteiger partial charge in [-0.3, -0.25) is 14.9 Å². The number of para-hydroxylation sites is 1. The number of aryl methyl sites for hydroxylation is 1. The lowest BCUT2D eigenvalue weighted by Gasteiger charge is -2.13. The predicted octanol–water partition coefficient (Wildman–Crippen LogP) is 3.80. The Hall–Kier alpha value is -2.51. The van der Waals surface area contributed by atoms with Gasteiger partial charge in [0.05, 0.1) is 11.3 Å². The summed E-state index contributed by atoms with van der Waals surface area (Å²) >= 11 is 8.60. The van der Waals surface area contributed by atoms with Crippen molar-refractivity contribution in [3.05, 3.63) is 76.3 Å². The van der Waals surface area contributed by atoms with E-state index in [1.807, 2.05) is 13.0 Å². The van der Waals surface area contributed by atoms with Crippen LogP contribution in [0, 0.1) is 6.92 Å². The van der Waals surface area contributed by atoms with Crippen LogP contribution in [0.5, 0.6) is 0 Å². The van der Waals surface area contributed by atoms with Gasteiger partial charge in [-0.25, -0.2) is 0 Å². The Kier molecular flexibility index (Phi) is 7.06. The molecule has 2 aromatic rings. The van der Waals surface area contributed by atoms with Crippen molar-refractivity contribution in [2.24, 2.45) is 0 Å². The Morgan fingerprint density at radius 3 is 2.62 bits per heavy atom. The van der Waals surface area contributed by atoms with Crippen LogP contribution in [-0.2, 0) is 0 Å². The van der Waals surface area contributed by atoms with E-state index in [0.29, 0.717) is 23.4 Å². The highest BCUT2D eigenvalue weighted by atomic mass is 79.9. The van der Waals surface area contributed by atoms with Gasteiger partial charge in [0.1, 0.15) is 0 Å². The molecule has 0 spiro atoms. The summed E-state index contributed by atoms with van der Waals surface area (Å²) in [7, 11) is 0. The molecule has 2 aromatic carbocycles. The standard InChI is InChI=1S/C19H18BrN3O2S/c1-3-10-21-18(25)14-6-4-5-7-16(14)22-19(26)23-17(24)13-9-8-12(2)15(20)11-13/h3-9,11H,1,10H2,2H3,(H,21,25)(H2,22,23,24,26). The van der Waals surface area contributed by atoms with E-state index in [4.69, 9.17) is 12.2 Å². The van der Waals surface area contributed by atoms with Crippen LogP contribution in [0.2, 0.25) is 0 Å². The minimum Gasteiger partial charge on any atom is -0.349 e. The number of nitrogens with one attached hydrogen (secondary N) is 3. The molecule has 0 radical (unpaired) electrons. The zero-order valence-electron chi connectivity index (χ0n) is 14.1. The molecule has 3 N–H and O–H groups in total. The quantitative estimate of drug-likeness (QED) is 0.497. The highest BCUT2D eigenvalue weighted by Gasteiger charge is 2.13. The van der Waals surface area contributed by atoms with Crippen molar-refractivity contribution in [3.8, 4) is 0 Å². The number of carbonyl (C=O) groups excluding carboxylic acids is 2. The minimum absolute atomic E-state index is 0.107. The van der Waals surface area contributed by atoms with E-state index in [-0.39, 0.29) is 16.9 Å². The lowest BCUT2D eigenvalue weighted by Crippen LogP contribution is -2.35. The number of halogens is 1. The van der Waals surface area contributed by atoms with Gasteiger partial charge in [-0.15, -0.1) is 6.58 Å². The molecule has 7 heteroatoms. The van der Waals surface area contributed by atoms with Crippen molar-refractivity contribution >= 4 is 50.8 Å². The SMILES string of the molecule is C=CCNC(=O)c1ccccc1NC(=S)NC(=O)c1ccc(C)c(Br)c1. The number of rotatable bonds is 5. The molecule has 2 rings (SSSR count). The molecule has 0 fully saturated rings. The number of hydrogen-bond acceptors (Lipinski definition) is 3. The second-order valence-corrected chi connectivity index (χ2v) is 6.68. The number of benzene rings is 2. The Bertz CT molecular complexity index is 868. The molecule has 0 aromatic heterocycles. The maximum Gasteiger partial charge on any atom is 0.257 e. The highest BCUT2D eigenvalue weighted by molar-refractivity contribution is 9.10. The average Bonchev–Trinajstić information content (AvgIpc) is 2.62. The minimum atomic E-state index is -0.336. The van der Waals surface area contributed by atoms with Crippen molar-refractivity contribution < 1.29 is 9.59 Å². The van der Waals surface area contributed by atoms with Gasteiger partial charge in [-0.05, 0) is 49.0 Å². The summed E-state index contributed by atoms with van der Waals surface area (Å²) in [6.45, 7) is 5.86. The Labute approximate surface area is 166 Å². The van der Waals surface area contributed by atoms with Gasteiger partial charge in [0.15, 0.2) is 5.11 Å². The molecule has 0 aliphatic rings. The van der Waals surface area contributed by atoms with Crippen LogP contribution >= 0.6 is 28.1 Å². The number of amides is 2. The van der Waals surface area contributed by atoms with Gasteiger partial charge >= 0.3 is 0 Å². The van der Waals surface area contributed by atoms with Crippen molar-refractivity contribution in [3.63, 3.8) is 0 Å². The fraction of sp³-hybridized carbons (Fsp3) is 0.105. The van der Waals surface area contributed by atoms with Crippen LogP contribution in [0.1, 0.15) is 26.3 Å². The first-order valence-corrected chi connectivity index (χ1v) is 8.99. The fourth-order valence-electron chi connectivity index (χ4n) is 2.11. The average molecular weight is 432 g/mol. The van der Waals surface area contributed by atoms with E-state index in [1.165, 1.54) is 0 Å². The van der Waals surface area contributed by atoms with Crippen molar-refractivity contribution in [1.29, 1.82) is 0 Å². The Morgan fingerprint density at radius 2 is 1.92 bits per heavy atom. The van der Waals surface area contributed by atoms with Crippen LogP contribution < -0.4 is 16.0 Å². The van der Waals surface area contributed by atoms with Crippen molar-refractivity contribution in [2.45, 2.75) is 6.92 Å². The highest BCUT2D eigenvalue weighted by Crippen LogP contribution is 2.18. The predicted molar refractivity (Wildman–Crippen MR) is 112 cm³/mol. The van der Waals surface area contributed by atoms with Gasteiger partial charge < -0.3 is 10.6 Å².